The lowest BCUT2D eigenvalue weighted by molar-refractivity contribution is -0.105. The number of amides is 1. The summed E-state index contributed by atoms with van der Waals surface area (Å²) in [5, 5.41) is 4.73. The molecule has 0 spiro atoms. The zero-order chi connectivity index (χ0) is 8.10. The minimum absolute atomic E-state index is 0.536. The first kappa shape index (κ1) is 8.00. The molecule has 0 aromatic carbocycles. The average Bonchev–Trinajstić information content (AvgIpc) is 2.38. The predicted molar refractivity (Wildman–Crippen MR) is 43.0 cm³/mol. The van der Waals surface area contributed by atoms with Gasteiger partial charge in [-0.2, -0.15) is 4.98 Å². The van der Waals surface area contributed by atoms with Gasteiger partial charge in [0, 0.05) is 5.38 Å². The Bertz CT molecular complexity index is 236. The summed E-state index contributed by atoms with van der Waals surface area (Å²) in [6.07, 6.45) is 0.588. The quantitative estimate of drug-likeness (QED) is 0.692. The minimum Gasteiger partial charge on any atom is -0.470 e. The number of rotatable bonds is 4. The molecule has 0 saturated carbocycles. The van der Waals surface area contributed by atoms with E-state index in [1.165, 1.54) is 11.3 Å². The molecule has 0 aliphatic heterocycles. The number of carbonyl (C=O) groups is 1. The van der Waals surface area contributed by atoms with Crippen LogP contribution >= 0.6 is 11.3 Å². The second-order valence-electron chi connectivity index (χ2n) is 1.69. The van der Waals surface area contributed by atoms with Crippen molar-refractivity contribution >= 4 is 23.6 Å². The van der Waals surface area contributed by atoms with E-state index in [2.05, 4.69) is 10.3 Å². The zero-order valence-electron chi connectivity index (χ0n) is 6.03. The topological polar surface area (TPSA) is 51.2 Å². The first-order valence-corrected chi connectivity index (χ1v) is 4.03. The number of nitrogens with zero attached hydrogens (tertiary/aromatic N) is 1. The molecule has 5 heteroatoms. The van der Waals surface area contributed by atoms with Gasteiger partial charge in [-0.1, -0.05) is 11.3 Å². The Hall–Kier alpha value is -1.10. The monoisotopic (exact) mass is 172 g/mol. The van der Waals surface area contributed by atoms with Crippen LogP contribution in [-0.2, 0) is 4.79 Å². The Labute approximate surface area is 68.2 Å². The fourth-order valence-electron chi connectivity index (χ4n) is 0.574. The number of carbonyl (C=O) groups excluding carboxylic acids is 1. The molecule has 1 aromatic rings. The standard InChI is InChI=1S/C6H8N2O2S/c1-2-10-6-8-5(3-11-6)7-4-9/h3-4H,2H2,1H3,(H,7,9). The second-order valence-corrected chi connectivity index (χ2v) is 2.51. The van der Waals surface area contributed by atoms with E-state index >= 15 is 0 Å². The first-order valence-electron chi connectivity index (χ1n) is 3.15. The Balaban J connectivity index is 2.57. The highest BCUT2D eigenvalue weighted by Gasteiger charge is 1.99. The summed E-state index contributed by atoms with van der Waals surface area (Å²) in [5.41, 5.74) is 0. The van der Waals surface area contributed by atoms with Crippen LogP contribution in [0.5, 0.6) is 5.19 Å². The van der Waals surface area contributed by atoms with Gasteiger partial charge in [0.05, 0.1) is 6.61 Å². The predicted octanol–water partition coefficient (Wildman–Crippen LogP) is 1.11. The minimum atomic E-state index is 0.536. The zero-order valence-corrected chi connectivity index (χ0v) is 6.85. The molecule has 60 valence electrons. The van der Waals surface area contributed by atoms with E-state index in [9.17, 15) is 4.79 Å². The summed E-state index contributed by atoms with van der Waals surface area (Å²) in [6, 6.07) is 0. The van der Waals surface area contributed by atoms with Crippen molar-refractivity contribution in [3.05, 3.63) is 5.38 Å². The normalized spacial score (nSPS) is 9.18. The van der Waals surface area contributed by atoms with Crippen molar-refractivity contribution in [2.75, 3.05) is 11.9 Å². The maximum Gasteiger partial charge on any atom is 0.275 e. The molecule has 1 N–H and O–H groups in total. The SMILES string of the molecule is CCOc1nc(NC=O)cs1. The van der Waals surface area contributed by atoms with Crippen molar-refractivity contribution in [1.82, 2.24) is 4.98 Å². The van der Waals surface area contributed by atoms with E-state index in [-0.39, 0.29) is 0 Å². The van der Waals surface area contributed by atoms with E-state index in [1.807, 2.05) is 6.92 Å². The third kappa shape index (κ3) is 2.19. The van der Waals surface area contributed by atoms with Crippen molar-refractivity contribution in [2.45, 2.75) is 6.92 Å². The smallest absolute Gasteiger partial charge is 0.275 e. The molecule has 0 unspecified atom stereocenters. The number of hydrogen-bond acceptors (Lipinski definition) is 4. The average molecular weight is 172 g/mol. The van der Waals surface area contributed by atoms with Crippen LogP contribution in [0.2, 0.25) is 0 Å². The molecule has 0 radical (unpaired) electrons. The Kier molecular flexibility index (Phi) is 2.85. The largest absolute Gasteiger partial charge is 0.470 e. The van der Waals surface area contributed by atoms with E-state index in [0.29, 0.717) is 24.0 Å². The highest BCUT2D eigenvalue weighted by molar-refractivity contribution is 7.11. The number of aromatic nitrogens is 1. The Morgan fingerprint density at radius 3 is 3.36 bits per heavy atom. The van der Waals surface area contributed by atoms with Crippen molar-refractivity contribution in [3.63, 3.8) is 0 Å². The number of anilines is 1. The molecular formula is C6H8N2O2S. The highest BCUT2D eigenvalue weighted by Crippen LogP contribution is 2.20. The molecule has 1 aromatic heterocycles. The summed E-state index contributed by atoms with van der Waals surface area (Å²) >= 11 is 1.36. The number of thiazole rings is 1. The van der Waals surface area contributed by atoms with Crippen LogP contribution in [0.15, 0.2) is 5.38 Å². The van der Waals surface area contributed by atoms with Crippen LogP contribution < -0.4 is 10.1 Å². The molecule has 0 aliphatic carbocycles. The lowest BCUT2D eigenvalue weighted by atomic mass is 10.8. The molecule has 0 saturated heterocycles. The Morgan fingerprint density at radius 1 is 1.91 bits per heavy atom. The summed E-state index contributed by atoms with van der Waals surface area (Å²) in [5.74, 6) is 0.536. The first-order chi connectivity index (χ1) is 5.36. The fraction of sp³-hybridized carbons (Fsp3) is 0.333. The van der Waals surface area contributed by atoms with Gasteiger partial charge in [-0.05, 0) is 6.92 Å². The molecule has 0 bridgehead atoms. The summed E-state index contributed by atoms with van der Waals surface area (Å²) < 4.78 is 5.08. The van der Waals surface area contributed by atoms with E-state index in [0.717, 1.165) is 0 Å². The second kappa shape index (κ2) is 3.92. The molecule has 1 amide bonds. The van der Waals surface area contributed by atoms with Crippen LogP contribution in [0.3, 0.4) is 0 Å². The van der Waals surface area contributed by atoms with Gasteiger partial charge in [0.2, 0.25) is 6.41 Å². The maximum atomic E-state index is 9.95. The van der Waals surface area contributed by atoms with Gasteiger partial charge in [0.1, 0.15) is 5.82 Å². The summed E-state index contributed by atoms with van der Waals surface area (Å²) in [7, 11) is 0. The van der Waals surface area contributed by atoms with E-state index < -0.39 is 0 Å². The Morgan fingerprint density at radius 2 is 2.73 bits per heavy atom. The number of hydrogen-bond donors (Lipinski definition) is 1. The number of ether oxygens (including phenoxy) is 1. The van der Waals surface area contributed by atoms with Gasteiger partial charge >= 0.3 is 0 Å². The summed E-state index contributed by atoms with van der Waals surface area (Å²) in [6.45, 7) is 2.47. The van der Waals surface area contributed by atoms with Crippen LogP contribution in [0.25, 0.3) is 0 Å². The van der Waals surface area contributed by atoms with Crippen LogP contribution in [0.4, 0.5) is 5.82 Å². The van der Waals surface area contributed by atoms with Crippen LogP contribution in [-0.4, -0.2) is 18.0 Å². The van der Waals surface area contributed by atoms with Crippen molar-refractivity contribution < 1.29 is 9.53 Å². The lowest BCUT2D eigenvalue weighted by Crippen LogP contribution is -1.94. The molecular weight excluding hydrogens is 164 g/mol. The molecule has 1 rings (SSSR count). The van der Waals surface area contributed by atoms with Crippen LogP contribution in [0.1, 0.15) is 6.92 Å². The van der Waals surface area contributed by atoms with Gasteiger partial charge in [0.25, 0.3) is 5.19 Å². The van der Waals surface area contributed by atoms with Crippen LogP contribution in [0, 0.1) is 0 Å². The molecule has 0 fully saturated rings. The molecule has 0 atom stereocenters. The molecule has 1 heterocycles. The molecule has 4 nitrogen and oxygen atoms in total. The van der Waals surface area contributed by atoms with Gasteiger partial charge in [-0.15, -0.1) is 0 Å². The van der Waals surface area contributed by atoms with Gasteiger partial charge in [-0.3, -0.25) is 4.79 Å². The third-order valence-corrected chi connectivity index (χ3v) is 1.71. The van der Waals surface area contributed by atoms with Gasteiger partial charge < -0.3 is 10.1 Å². The fourth-order valence-corrected chi connectivity index (χ4v) is 1.24. The molecule has 11 heavy (non-hydrogen) atoms. The van der Waals surface area contributed by atoms with E-state index in [4.69, 9.17) is 4.74 Å². The van der Waals surface area contributed by atoms with Crippen molar-refractivity contribution in [3.8, 4) is 5.19 Å². The molecule has 0 aliphatic rings. The highest BCUT2D eigenvalue weighted by atomic mass is 32.1. The van der Waals surface area contributed by atoms with Gasteiger partial charge in [-0.25, -0.2) is 0 Å². The van der Waals surface area contributed by atoms with Crippen molar-refractivity contribution in [1.29, 1.82) is 0 Å². The number of nitrogens with one attached hydrogen (secondary N) is 1. The maximum absolute atomic E-state index is 9.95. The van der Waals surface area contributed by atoms with Gasteiger partial charge in [0.15, 0.2) is 0 Å². The third-order valence-electron chi connectivity index (χ3n) is 0.958. The summed E-state index contributed by atoms with van der Waals surface area (Å²) in [4.78, 5) is 13.9. The van der Waals surface area contributed by atoms with Crippen molar-refractivity contribution in [2.24, 2.45) is 0 Å². The van der Waals surface area contributed by atoms with E-state index in [1.54, 1.807) is 5.38 Å². The lowest BCUT2D eigenvalue weighted by Gasteiger charge is -1.93.